The van der Waals surface area contributed by atoms with E-state index in [1.807, 2.05) is 4.57 Å². The van der Waals surface area contributed by atoms with Gasteiger partial charge >= 0.3 is 0 Å². The molecule has 1 N–H and O–H groups in total. The second-order valence-electron chi connectivity index (χ2n) is 6.56. The molecule has 27 heavy (non-hydrogen) atoms. The molecule has 1 amide bonds. The average Bonchev–Trinajstić information content (AvgIpc) is 2.91. The van der Waals surface area contributed by atoms with Crippen molar-refractivity contribution in [3.63, 3.8) is 0 Å². The molecule has 1 aliphatic rings. The van der Waals surface area contributed by atoms with Gasteiger partial charge in [0.05, 0.1) is 5.56 Å². The smallest absolute Gasteiger partial charge is 0.255 e. The van der Waals surface area contributed by atoms with E-state index in [1.54, 1.807) is 6.07 Å². The van der Waals surface area contributed by atoms with Crippen molar-refractivity contribution >= 4 is 11.6 Å². The Morgan fingerprint density at radius 1 is 1.00 bits per heavy atom. The van der Waals surface area contributed by atoms with E-state index in [1.165, 1.54) is 36.4 Å². The van der Waals surface area contributed by atoms with Gasteiger partial charge in [0.2, 0.25) is 0 Å². The summed E-state index contributed by atoms with van der Waals surface area (Å²) in [6.07, 6.45) is 3.99. The van der Waals surface area contributed by atoms with Crippen molar-refractivity contribution in [3.8, 4) is 11.4 Å². The van der Waals surface area contributed by atoms with Crippen LogP contribution in [0.15, 0.2) is 42.5 Å². The summed E-state index contributed by atoms with van der Waals surface area (Å²) in [5, 5.41) is 11.1. The van der Waals surface area contributed by atoms with E-state index in [0.29, 0.717) is 22.6 Å². The number of amides is 1. The molecular formula is C20H18F2N4O. The molecule has 7 heteroatoms. The number of hydrogen-bond donors (Lipinski definition) is 1. The van der Waals surface area contributed by atoms with Crippen molar-refractivity contribution in [2.45, 2.75) is 32.2 Å². The topological polar surface area (TPSA) is 59.8 Å². The molecular weight excluding hydrogens is 350 g/mol. The van der Waals surface area contributed by atoms with Gasteiger partial charge in [0.15, 0.2) is 5.82 Å². The van der Waals surface area contributed by atoms with Gasteiger partial charge in [-0.15, -0.1) is 10.2 Å². The average molecular weight is 368 g/mol. The molecule has 0 unspecified atom stereocenters. The van der Waals surface area contributed by atoms with E-state index in [9.17, 15) is 13.6 Å². The first-order valence-electron chi connectivity index (χ1n) is 8.91. The van der Waals surface area contributed by atoms with Crippen LogP contribution < -0.4 is 5.32 Å². The summed E-state index contributed by atoms with van der Waals surface area (Å²) in [5.41, 5.74) is 1.05. The lowest BCUT2D eigenvalue weighted by Gasteiger charge is -2.10. The van der Waals surface area contributed by atoms with Crippen LogP contribution in [0.5, 0.6) is 0 Å². The number of aromatic nitrogens is 3. The number of nitrogens with zero attached hydrogens (tertiary/aromatic N) is 3. The maximum atomic E-state index is 14.5. The standard InChI is InChI=1S/C20H18F2N4O/c21-14-7-5-13(6-8-14)20(27)23-15-9-10-17(22)16(12-15)19-25-24-18-4-2-1-3-11-26(18)19/h5-10,12H,1-4,11H2,(H,23,27). The predicted octanol–water partition coefficient (Wildman–Crippen LogP) is 4.20. The van der Waals surface area contributed by atoms with Gasteiger partial charge in [0.25, 0.3) is 5.91 Å². The first-order chi connectivity index (χ1) is 13.1. The fraction of sp³-hybridized carbons (Fsp3) is 0.250. The Morgan fingerprint density at radius 2 is 1.81 bits per heavy atom. The number of anilines is 1. The summed E-state index contributed by atoms with van der Waals surface area (Å²) < 4.78 is 29.4. The third-order valence-electron chi connectivity index (χ3n) is 4.68. The van der Waals surface area contributed by atoms with Crippen LogP contribution in [0.1, 0.15) is 35.4 Å². The van der Waals surface area contributed by atoms with Crippen LogP contribution in [0.3, 0.4) is 0 Å². The number of hydrogen-bond acceptors (Lipinski definition) is 3. The lowest BCUT2D eigenvalue weighted by molar-refractivity contribution is 0.102. The van der Waals surface area contributed by atoms with E-state index in [0.717, 1.165) is 38.1 Å². The van der Waals surface area contributed by atoms with Crippen molar-refractivity contribution in [2.24, 2.45) is 0 Å². The Kier molecular flexibility index (Phi) is 4.66. The van der Waals surface area contributed by atoms with Crippen LogP contribution in [0.4, 0.5) is 14.5 Å². The second-order valence-corrected chi connectivity index (χ2v) is 6.56. The van der Waals surface area contributed by atoms with Gasteiger partial charge in [0.1, 0.15) is 17.5 Å². The van der Waals surface area contributed by atoms with Crippen molar-refractivity contribution in [2.75, 3.05) is 5.32 Å². The summed E-state index contributed by atoms with van der Waals surface area (Å²) in [6, 6.07) is 9.57. The molecule has 0 saturated heterocycles. The molecule has 0 aliphatic carbocycles. The molecule has 1 aliphatic heterocycles. The molecule has 0 radical (unpaired) electrons. The van der Waals surface area contributed by atoms with Crippen molar-refractivity contribution in [1.82, 2.24) is 14.8 Å². The first-order valence-corrected chi connectivity index (χ1v) is 8.91. The maximum Gasteiger partial charge on any atom is 0.255 e. The highest BCUT2D eigenvalue weighted by Gasteiger charge is 2.19. The van der Waals surface area contributed by atoms with E-state index >= 15 is 0 Å². The van der Waals surface area contributed by atoms with Crippen LogP contribution in [-0.2, 0) is 13.0 Å². The molecule has 0 spiro atoms. The molecule has 0 atom stereocenters. The summed E-state index contributed by atoms with van der Waals surface area (Å²) in [7, 11) is 0. The summed E-state index contributed by atoms with van der Waals surface area (Å²) in [6.45, 7) is 0.753. The highest BCUT2D eigenvalue weighted by molar-refractivity contribution is 6.04. The predicted molar refractivity (Wildman–Crippen MR) is 97.3 cm³/mol. The Labute approximate surface area is 155 Å². The normalized spacial score (nSPS) is 13.7. The molecule has 0 fully saturated rings. The van der Waals surface area contributed by atoms with Crippen LogP contribution in [0.25, 0.3) is 11.4 Å². The monoisotopic (exact) mass is 368 g/mol. The van der Waals surface area contributed by atoms with Gasteiger partial charge in [-0.3, -0.25) is 4.79 Å². The number of benzene rings is 2. The largest absolute Gasteiger partial charge is 0.322 e. The number of nitrogens with one attached hydrogen (secondary N) is 1. The molecule has 2 heterocycles. The Morgan fingerprint density at radius 3 is 2.63 bits per heavy atom. The summed E-state index contributed by atoms with van der Waals surface area (Å²) in [5.74, 6) is 0.106. The molecule has 0 bridgehead atoms. The Balaban J connectivity index is 1.63. The van der Waals surface area contributed by atoms with Gasteiger partial charge in [-0.1, -0.05) is 6.42 Å². The van der Waals surface area contributed by atoms with Gasteiger partial charge in [-0.05, 0) is 55.3 Å². The minimum atomic E-state index is -0.422. The Bertz CT molecular complexity index is 982. The molecule has 138 valence electrons. The summed E-state index contributed by atoms with van der Waals surface area (Å²) in [4.78, 5) is 12.3. The third-order valence-corrected chi connectivity index (χ3v) is 4.68. The molecule has 2 aromatic carbocycles. The zero-order valence-corrected chi connectivity index (χ0v) is 14.6. The number of halogens is 2. The number of carbonyl (C=O) groups excluding carboxylic acids is 1. The van der Waals surface area contributed by atoms with Crippen LogP contribution in [-0.4, -0.2) is 20.7 Å². The van der Waals surface area contributed by atoms with Gasteiger partial charge in [-0.2, -0.15) is 0 Å². The van der Waals surface area contributed by atoms with E-state index < -0.39 is 17.5 Å². The molecule has 3 aromatic rings. The third kappa shape index (κ3) is 3.58. The molecule has 4 rings (SSSR count). The fourth-order valence-corrected chi connectivity index (χ4v) is 3.26. The highest BCUT2D eigenvalue weighted by atomic mass is 19.1. The van der Waals surface area contributed by atoms with Crippen LogP contribution in [0, 0.1) is 11.6 Å². The van der Waals surface area contributed by atoms with Crippen LogP contribution >= 0.6 is 0 Å². The van der Waals surface area contributed by atoms with E-state index in [-0.39, 0.29) is 0 Å². The first kappa shape index (κ1) is 17.3. The lowest BCUT2D eigenvalue weighted by Crippen LogP contribution is -2.12. The van der Waals surface area contributed by atoms with Crippen molar-refractivity contribution < 1.29 is 13.6 Å². The SMILES string of the molecule is O=C(Nc1ccc(F)c(-c2nnc3n2CCCCC3)c1)c1ccc(F)cc1. The van der Waals surface area contributed by atoms with Gasteiger partial charge < -0.3 is 9.88 Å². The molecule has 5 nitrogen and oxygen atoms in total. The van der Waals surface area contributed by atoms with E-state index in [2.05, 4.69) is 15.5 Å². The minimum absolute atomic E-state index is 0.299. The van der Waals surface area contributed by atoms with Gasteiger partial charge in [-0.25, -0.2) is 8.78 Å². The molecule has 1 aromatic heterocycles. The number of aryl methyl sites for hydroxylation is 1. The highest BCUT2D eigenvalue weighted by Crippen LogP contribution is 2.27. The number of rotatable bonds is 3. The lowest BCUT2D eigenvalue weighted by atomic mass is 10.1. The second kappa shape index (κ2) is 7.26. The Hall–Kier alpha value is -3.09. The van der Waals surface area contributed by atoms with Crippen molar-refractivity contribution in [1.29, 1.82) is 0 Å². The maximum absolute atomic E-state index is 14.5. The minimum Gasteiger partial charge on any atom is -0.322 e. The zero-order chi connectivity index (χ0) is 18.8. The molecule has 0 saturated carbocycles. The summed E-state index contributed by atoms with van der Waals surface area (Å²) >= 11 is 0. The van der Waals surface area contributed by atoms with Gasteiger partial charge in [0, 0.05) is 24.2 Å². The van der Waals surface area contributed by atoms with E-state index in [4.69, 9.17) is 0 Å². The quantitative estimate of drug-likeness (QED) is 0.754. The van der Waals surface area contributed by atoms with Crippen LogP contribution in [0.2, 0.25) is 0 Å². The zero-order valence-electron chi connectivity index (χ0n) is 14.6. The fourth-order valence-electron chi connectivity index (χ4n) is 3.26. The number of fused-ring (bicyclic) bond motifs is 1. The van der Waals surface area contributed by atoms with Crippen molar-refractivity contribution in [3.05, 3.63) is 65.5 Å². The number of carbonyl (C=O) groups is 1.